The largest absolute Gasteiger partial charge is 0.480 e. The molecule has 0 aliphatic heterocycles. The third kappa shape index (κ3) is 3.84. The Balaban J connectivity index is 3.04. The number of carbonyl (C=O) groups excluding carboxylic acids is 1. The van der Waals surface area contributed by atoms with Gasteiger partial charge in [-0.05, 0) is 18.6 Å². The van der Waals surface area contributed by atoms with Gasteiger partial charge in [-0.25, -0.2) is 4.79 Å². The number of halogens is 3. The monoisotopic (exact) mass is 287 g/mol. The summed E-state index contributed by atoms with van der Waals surface area (Å²) in [6, 6.07) is 2.86. The van der Waals surface area contributed by atoms with Crippen LogP contribution in [0, 0.1) is 0 Å². The van der Waals surface area contributed by atoms with Crippen molar-refractivity contribution in [3.05, 3.63) is 48.0 Å². The minimum atomic E-state index is -4.69. The van der Waals surface area contributed by atoms with Crippen LogP contribution in [0.3, 0.4) is 0 Å². The fourth-order valence-corrected chi connectivity index (χ4v) is 1.55. The van der Waals surface area contributed by atoms with E-state index in [1.54, 1.807) is 0 Å². The van der Waals surface area contributed by atoms with Crippen molar-refractivity contribution in [2.24, 2.45) is 0 Å². The smallest absolute Gasteiger partial charge is 0.417 e. The van der Waals surface area contributed by atoms with Gasteiger partial charge in [0.05, 0.1) is 11.1 Å². The predicted molar refractivity (Wildman–Crippen MR) is 65.1 cm³/mol. The number of nitrogens with one attached hydrogen (secondary N) is 1. The molecule has 1 rings (SSSR count). The lowest BCUT2D eigenvalue weighted by Crippen LogP contribution is -2.41. The van der Waals surface area contributed by atoms with Gasteiger partial charge in [0, 0.05) is 0 Å². The third-order valence-corrected chi connectivity index (χ3v) is 2.48. The summed E-state index contributed by atoms with van der Waals surface area (Å²) in [7, 11) is 0. The first kappa shape index (κ1) is 15.7. The zero-order valence-electron chi connectivity index (χ0n) is 10.3. The second-order valence-electron chi connectivity index (χ2n) is 3.93. The number of aliphatic carboxylic acids is 1. The first-order chi connectivity index (χ1) is 9.27. The highest BCUT2D eigenvalue weighted by Crippen LogP contribution is 2.31. The first-order valence-electron chi connectivity index (χ1n) is 5.58. The van der Waals surface area contributed by atoms with Crippen LogP contribution in [0.2, 0.25) is 0 Å². The number of carboxylic acid groups (broad SMARTS) is 1. The summed E-state index contributed by atoms with van der Waals surface area (Å²) < 4.78 is 38.2. The summed E-state index contributed by atoms with van der Waals surface area (Å²) in [5.41, 5.74) is -1.73. The molecule has 2 N–H and O–H groups in total. The summed E-state index contributed by atoms with van der Waals surface area (Å²) in [4.78, 5) is 22.6. The average Bonchev–Trinajstić information content (AvgIpc) is 2.37. The second kappa shape index (κ2) is 6.23. The lowest BCUT2D eigenvalue weighted by Gasteiger charge is -2.15. The van der Waals surface area contributed by atoms with E-state index in [1.807, 2.05) is 5.32 Å². The Bertz CT molecular complexity index is 526. The highest BCUT2D eigenvalue weighted by molar-refractivity contribution is 5.98. The van der Waals surface area contributed by atoms with Gasteiger partial charge in [0.1, 0.15) is 6.04 Å². The van der Waals surface area contributed by atoms with Crippen molar-refractivity contribution in [3.63, 3.8) is 0 Å². The van der Waals surface area contributed by atoms with Crippen LogP contribution in [0.4, 0.5) is 13.2 Å². The molecule has 0 aliphatic carbocycles. The number of amides is 1. The molecule has 20 heavy (non-hydrogen) atoms. The van der Waals surface area contributed by atoms with E-state index >= 15 is 0 Å². The van der Waals surface area contributed by atoms with Gasteiger partial charge in [0.25, 0.3) is 5.91 Å². The maximum atomic E-state index is 12.7. The SMILES string of the molecule is C=CC[C@@H](NC(=O)c1ccccc1C(F)(F)F)C(=O)O. The van der Waals surface area contributed by atoms with Crippen LogP contribution in [0.15, 0.2) is 36.9 Å². The van der Waals surface area contributed by atoms with Crippen LogP contribution in [0.1, 0.15) is 22.3 Å². The molecule has 4 nitrogen and oxygen atoms in total. The van der Waals surface area contributed by atoms with Crippen LogP contribution >= 0.6 is 0 Å². The van der Waals surface area contributed by atoms with E-state index in [0.717, 1.165) is 18.2 Å². The number of rotatable bonds is 5. The molecular formula is C13H12F3NO3. The van der Waals surface area contributed by atoms with Crippen LogP contribution in [-0.4, -0.2) is 23.0 Å². The third-order valence-electron chi connectivity index (χ3n) is 2.48. The molecule has 0 saturated heterocycles. The molecule has 108 valence electrons. The summed E-state index contributed by atoms with van der Waals surface area (Å²) in [5, 5.41) is 10.9. The van der Waals surface area contributed by atoms with Crippen LogP contribution in [-0.2, 0) is 11.0 Å². The molecule has 0 unspecified atom stereocenters. The van der Waals surface area contributed by atoms with Gasteiger partial charge < -0.3 is 10.4 Å². The van der Waals surface area contributed by atoms with E-state index in [9.17, 15) is 22.8 Å². The van der Waals surface area contributed by atoms with E-state index in [0.29, 0.717) is 0 Å². The van der Waals surface area contributed by atoms with Crippen LogP contribution in [0.25, 0.3) is 0 Å². The number of carbonyl (C=O) groups is 2. The minimum Gasteiger partial charge on any atom is -0.480 e. The van der Waals surface area contributed by atoms with Crippen LogP contribution in [0.5, 0.6) is 0 Å². The summed E-state index contributed by atoms with van der Waals surface area (Å²) >= 11 is 0. The van der Waals surface area contributed by atoms with E-state index in [-0.39, 0.29) is 6.42 Å². The lowest BCUT2D eigenvalue weighted by atomic mass is 10.1. The van der Waals surface area contributed by atoms with Crippen molar-refractivity contribution < 1.29 is 27.9 Å². The van der Waals surface area contributed by atoms with E-state index in [2.05, 4.69) is 6.58 Å². The molecule has 0 radical (unpaired) electrons. The van der Waals surface area contributed by atoms with E-state index in [4.69, 9.17) is 5.11 Å². The van der Waals surface area contributed by atoms with Gasteiger partial charge in [0.15, 0.2) is 0 Å². The van der Waals surface area contributed by atoms with E-state index < -0.39 is 35.2 Å². The van der Waals surface area contributed by atoms with Gasteiger partial charge in [-0.3, -0.25) is 4.79 Å². The van der Waals surface area contributed by atoms with Gasteiger partial charge in [0.2, 0.25) is 0 Å². The number of carboxylic acids is 1. The quantitative estimate of drug-likeness (QED) is 0.817. The molecule has 0 aliphatic rings. The van der Waals surface area contributed by atoms with Crippen molar-refractivity contribution in [1.82, 2.24) is 5.32 Å². The molecule has 1 aromatic carbocycles. The van der Waals surface area contributed by atoms with Crippen molar-refractivity contribution >= 4 is 11.9 Å². The molecule has 0 fully saturated rings. The number of benzene rings is 1. The summed E-state index contributed by atoms with van der Waals surface area (Å²) in [5.74, 6) is -2.44. The Hall–Kier alpha value is -2.31. The Labute approximate surface area is 112 Å². The molecule has 0 heterocycles. The fourth-order valence-electron chi connectivity index (χ4n) is 1.55. The Morgan fingerprint density at radius 3 is 2.45 bits per heavy atom. The average molecular weight is 287 g/mol. The van der Waals surface area contributed by atoms with Crippen molar-refractivity contribution in [2.75, 3.05) is 0 Å². The van der Waals surface area contributed by atoms with Gasteiger partial charge in [-0.1, -0.05) is 18.2 Å². The molecular weight excluding hydrogens is 275 g/mol. The molecule has 0 spiro atoms. The Kier molecular flexibility index (Phi) is 4.90. The zero-order valence-corrected chi connectivity index (χ0v) is 10.3. The second-order valence-corrected chi connectivity index (χ2v) is 3.93. The van der Waals surface area contributed by atoms with Crippen molar-refractivity contribution in [1.29, 1.82) is 0 Å². The Morgan fingerprint density at radius 1 is 1.35 bits per heavy atom. The molecule has 0 aromatic heterocycles. The predicted octanol–water partition coefficient (Wildman–Crippen LogP) is 2.46. The molecule has 1 amide bonds. The Morgan fingerprint density at radius 2 is 1.95 bits per heavy atom. The summed E-state index contributed by atoms with van der Waals surface area (Å²) in [6.45, 7) is 3.33. The van der Waals surface area contributed by atoms with Crippen molar-refractivity contribution in [3.8, 4) is 0 Å². The van der Waals surface area contributed by atoms with Crippen LogP contribution < -0.4 is 5.32 Å². The standard InChI is InChI=1S/C13H12F3NO3/c1-2-5-10(12(19)20)17-11(18)8-6-3-4-7-9(8)13(14,15)16/h2-4,6-7,10H,1,5H2,(H,17,18)(H,19,20)/t10-/m1/s1. The molecule has 0 saturated carbocycles. The van der Waals surface area contributed by atoms with Gasteiger partial charge >= 0.3 is 12.1 Å². The normalized spacial score (nSPS) is 12.6. The maximum Gasteiger partial charge on any atom is 0.417 e. The molecule has 1 atom stereocenters. The number of hydrogen-bond acceptors (Lipinski definition) is 2. The molecule has 7 heteroatoms. The van der Waals surface area contributed by atoms with Gasteiger partial charge in [-0.2, -0.15) is 13.2 Å². The molecule has 1 aromatic rings. The van der Waals surface area contributed by atoms with E-state index in [1.165, 1.54) is 12.1 Å². The summed E-state index contributed by atoms with van der Waals surface area (Å²) in [6.07, 6.45) is -3.52. The molecule has 0 bridgehead atoms. The fraction of sp³-hybridized carbons (Fsp3) is 0.231. The maximum absolute atomic E-state index is 12.7. The minimum absolute atomic E-state index is 0.0880. The zero-order chi connectivity index (χ0) is 15.3. The number of hydrogen-bond donors (Lipinski definition) is 2. The van der Waals surface area contributed by atoms with Gasteiger partial charge in [-0.15, -0.1) is 6.58 Å². The van der Waals surface area contributed by atoms with Crippen molar-refractivity contribution in [2.45, 2.75) is 18.6 Å². The topological polar surface area (TPSA) is 66.4 Å². The highest BCUT2D eigenvalue weighted by Gasteiger charge is 2.35. The highest BCUT2D eigenvalue weighted by atomic mass is 19.4. The lowest BCUT2D eigenvalue weighted by molar-refractivity contribution is -0.139. The number of alkyl halides is 3. The first-order valence-corrected chi connectivity index (χ1v) is 5.58.